The van der Waals surface area contributed by atoms with E-state index in [0.29, 0.717) is 17.5 Å². The van der Waals surface area contributed by atoms with Crippen molar-refractivity contribution in [3.05, 3.63) is 235 Å². The Kier molecular flexibility index (Phi) is 7.49. The fraction of sp³-hybridized carbons (Fsp3) is 0.0172. The smallest absolute Gasteiger partial charge is 0.164 e. The second-order valence-electron chi connectivity index (χ2n) is 16.3. The second-order valence-corrected chi connectivity index (χ2v) is 16.3. The zero-order chi connectivity index (χ0) is 40.8. The average molecular weight is 790 g/mol. The molecule has 11 aromatic rings. The van der Waals surface area contributed by atoms with E-state index in [1.807, 2.05) is 60.7 Å². The van der Waals surface area contributed by atoms with Crippen molar-refractivity contribution < 1.29 is 4.42 Å². The Morgan fingerprint density at radius 3 is 1.42 bits per heavy atom. The van der Waals surface area contributed by atoms with Crippen LogP contribution in [0.3, 0.4) is 0 Å². The largest absolute Gasteiger partial charge is 0.456 e. The Morgan fingerprint density at radius 1 is 0.290 bits per heavy atom. The van der Waals surface area contributed by atoms with E-state index in [1.54, 1.807) is 0 Å². The maximum absolute atomic E-state index is 6.27. The van der Waals surface area contributed by atoms with Gasteiger partial charge in [-0.3, -0.25) is 0 Å². The minimum atomic E-state index is -0.390. The van der Waals surface area contributed by atoms with Gasteiger partial charge in [0.1, 0.15) is 11.2 Å². The summed E-state index contributed by atoms with van der Waals surface area (Å²) in [6, 6.07) is 75.8. The van der Waals surface area contributed by atoms with Crippen LogP contribution >= 0.6 is 0 Å². The van der Waals surface area contributed by atoms with E-state index >= 15 is 0 Å². The van der Waals surface area contributed by atoms with Gasteiger partial charge in [-0.2, -0.15) is 0 Å². The summed E-state index contributed by atoms with van der Waals surface area (Å²) >= 11 is 0. The van der Waals surface area contributed by atoms with Crippen LogP contribution in [0.15, 0.2) is 217 Å². The van der Waals surface area contributed by atoms with Crippen molar-refractivity contribution in [2.75, 3.05) is 0 Å². The molecular formula is C58H35N3O. The van der Waals surface area contributed by atoms with Gasteiger partial charge in [-0.05, 0) is 97.1 Å². The molecule has 0 bridgehead atoms. The van der Waals surface area contributed by atoms with Crippen LogP contribution in [0.25, 0.3) is 101 Å². The lowest BCUT2D eigenvalue weighted by molar-refractivity contribution is 0.669. The average Bonchev–Trinajstić information content (AvgIpc) is 3.98. The third-order valence-corrected chi connectivity index (χ3v) is 13.0. The summed E-state index contributed by atoms with van der Waals surface area (Å²) in [5.41, 5.74) is 19.1. The van der Waals surface area contributed by atoms with E-state index in [9.17, 15) is 0 Å². The SMILES string of the molecule is c1ccc(-c2nc(-c3cccc(-c4cccc(-c5ccc6c(c5)C5(c7ccccc7-c7ccccc75)c5ccccc5-6)c4)c3)nc(-c3cccc4oc5ccccc5c34)n2)cc1. The minimum absolute atomic E-state index is 0.390. The molecule has 0 amide bonds. The van der Waals surface area contributed by atoms with Gasteiger partial charge in [0, 0.05) is 27.5 Å². The van der Waals surface area contributed by atoms with Crippen LogP contribution in [0.1, 0.15) is 22.3 Å². The van der Waals surface area contributed by atoms with Crippen LogP contribution in [0.5, 0.6) is 0 Å². The van der Waals surface area contributed by atoms with Crippen LogP contribution < -0.4 is 0 Å². The molecule has 2 aromatic heterocycles. The van der Waals surface area contributed by atoms with Gasteiger partial charge in [-0.25, -0.2) is 15.0 Å². The third kappa shape index (κ3) is 5.04. The van der Waals surface area contributed by atoms with E-state index in [4.69, 9.17) is 19.4 Å². The second kappa shape index (κ2) is 13.4. The molecule has 0 atom stereocenters. The van der Waals surface area contributed by atoms with Gasteiger partial charge in [0.2, 0.25) is 0 Å². The summed E-state index contributed by atoms with van der Waals surface area (Å²) in [6.07, 6.45) is 0. The first-order chi connectivity index (χ1) is 30.7. The zero-order valence-corrected chi connectivity index (χ0v) is 33.5. The molecular weight excluding hydrogens is 755 g/mol. The number of benzene rings is 9. The van der Waals surface area contributed by atoms with Crippen LogP contribution in [0.2, 0.25) is 0 Å². The van der Waals surface area contributed by atoms with Gasteiger partial charge in [0.15, 0.2) is 17.5 Å². The van der Waals surface area contributed by atoms with Crippen LogP contribution in [-0.4, -0.2) is 15.0 Å². The Hall–Kier alpha value is -8.21. The number of hydrogen-bond donors (Lipinski definition) is 0. The number of hydrogen-bond acceptors (Lipinski definition) is 4. The summed E-state index contributed by atoms with van der Waals surface area (Å²) in [6.45, 7) is 0. The van der Waals surface area contributed by atoms with Gasteiger partial charge in [0.25, 0.3) is 0 Å². The molecule has 62 heavy (non-hydrogen) atoms. The molecule has 2 heterocycles. The molecule has 2 aliphatic rings. The molecule has 0 fully saturated rings. The molecule has 4 heteroatoms. The quantitative estimate of drug-likeness (QED) is 0.174. The number of nitrogens with zero attached hydrogens (tertiary/aromatic N) is 3. The third-order valence-electron chi connectivity index (χ3n) is 13.0. The van der Waals surface area contributed by atoms with Crippen molar-refractivity contribution >= 4 is 21.9 Å². The normalized spacial score (nSPS) is 13.0. The Morgan fingerprint density at radius 2 is 0.742 bits per heavy atom. The minimum Gasteiger partial charge on any atom is -0.456 e. The maximum Gasteiger partial charge on any atom is 0.164 e. The lowest BCUT2D eigenvalue weighted by Gasteiger charge is -2.30. The fourth-order valence-corrected chi connectivity index (χ4v) is 10.3. The Labute approximate surface area is 358 Å². The maximum atomic E-state index is 6.27. The lowest BCUT2D eigenvalue weighted by atomic mass is 9.70. The van der Waals surface area contributed by atoms with E-state index in [2.05, 4.69) is 152 Å². The molecule has 13 rings (SSSR count). The predicted molar refractivity (Wildman–Crippen MR) is 251 cm³/mol. The topological polar surface area (TPSA) is 51.8 Å². The van der Waals surface area contributed by atoms with Gasteiger partial charge in [-0.15, -0.1) is 0 Å². The number of aromatic nitrogens is 3. The van der Waals surface area contributed by atoms with Crippen LogP contribution in [0, 0.1) is 0 Å². The van der Waals surface area contributed by atoms with Crippen molar-refractivity contribution in [1.82, 2.24) is 15.0 Å². The summed E-state index contributed by atoms with van der Waals surface area (Å²) in [7, 11) is 0. The Bertz CT molecular complexity index is 3540. The van der Waals surface area contributed by atoms with E-state index < -0.39 is 0 Å². The highest BCUT2D eigenvalue weighted by atomic mass is 16.3. The Balaban J connectivity index is 0.932. The predicted octanol–water partition coefficient (Wildman–Crippen LogP) is 14.4. The van der Waals surface area contributed by atoms with Crippen molar-refractivity contribution in [2.24, 2.45) is 0 Å². The first-order valence-corrected chi connectivity index (χ1v) is 21.1. The number of para-hydroxylation sites is 1. The zero-order valence-electron chi connectivity index (χ0n) is 33.5. The highest BCUT2D eigenvalue weighted by Gasteiger charge is 2.51. The molecule has 0 saturated heterocycles. The summed E-state index contributed by atoms with van der Waals surface area (Å²) in [4.78, 5) is 15.4. The highest BCUT2D eigenvalue weighted by molar-refractivity contribution is 6.11. The summed E-state index contributed by atoms with van der Waals surface area (Å²) in [5.74, 6) is 1.83. The molecule has 1 spiro atoms. The highest BCUT2D eigenvalue weighted by Crippen LogP contribution is 2.63. The molecule has 0 saturated carbocycles. The lowest BCUT2D eigenvalue weighted by Crippen LogP contribution is -2.25. The van der Waals surface area contributed by atoms with Crippen molar-refractivity contribution in [1.29, 1.82) is 0 Å². The summed E-state index contributed by atoms with van der Waals surface area (Å²) < 4.78 is 6.27. The molecule has 0 unspecified atom stereocenters. The van der Waals surface area contributed by atoms with Gasteiger partial charge in [0.05, 0.1) is 5.41 Å². The van der Waals surface area contributed by atoms with Gasteiger partial charge < -0.3 is 4.42 Å². The van der Waals surface area contributed by atoms with Crippen molar-refractivity contribution in [2.45, 2.75) is 5.41 Å². The van der Waals surface area contributed by atoms with Gasteiger partial charge in [-0.1, -0.05) is 182 Å². The molecule has 9 aromatic carbocycles. The molecule has 2 aliphatic carbocycles. The first-order valence-electron chi connectivity index (χ1n) is 21.1. The number of furan rings is 1. The van der Waals surface area contributed by atoms with E-state index in [0.717, 1.165) is 55.3 Å². The van der Waals surface area contributed by atoms with Crippen molar-refractivity contribution in [3.8, 4) is 78.7 Å². The van der Waals surface area contributed by atoms with E-state index in [-0.39, 0.29) is 5.41 Å². The monoisotopic (exact) mass is 789 g/mol. The molecule has 288 valence electrons. The van der Waals surface area contributed by atoms with Crippen LogP contribution in [-0.2, 0) is 5.41 Å². The molecule has 0 aliphatic heterocycles. The molecule has 4 nitrogen and oxygen atoms in total. The number of rotatable bonds is 5. The first kappa shape index (κ1) is 34.6. The molecule has 0 N–H and O–H groups in total. The van der Waals surface area contributed by atoms with Gasteiger partial charge >= 0.3 is 0 Å². The fourth-order valence-electron chi connectivity index (χ4n) is 10.3. The summed E-state index contributed by atoms with van der Waals surface area (Å²) in [5, 5.41) is 2.02. The van der Waals surface area contributed by atoms with E-state index in [1.165, 1.54) is 50.1 Å². The standard InChI is InChI=1S/C58H35N3O/c1-2-15-36(16-3-1)55-59-56(61-57(60-55)47-25-14-30-53-54(47)46-24-7-11-29-52(46)62-53)41-20-13-19-39(34-41)37-17-12-18-38(33-37)40-31-32-45-44-23-6-10-28-50(44)58(51(45)35-40)48-26-8-4-21-42(48)43-22-5-9-27-49(43)58/h1-35H. The number of fused-ring (bicyclic) bond motifs is 13. The molecule has 0 radical (unpaired) electrons. The van der Waals surface area contributed by atoms with Crippen molar-refractivity contribution in [3.63, 3.8) is 0 Å². The van der Waals surface area contributed by atoms with Crippen LogP contribution in [0.4, 0.5) is 0 Å².